The lowest BCUT2D eigenvalue weighted by Crippen LogP contribution is -2.44. The fraction of sp³-hybridized carbons (Fsp3) is 0.320. The molecule has 1 fully saturated rings. The molecule has 0 spiro atoms. The molecule has 0 radical (unpaired) electrons. The Hall–Kier alpha value is -2.85. The number of hydrogen-bond acceptors (Lipinski definition) is 2. The SMILES string of the molecule is C[C@H](c1cccc2ccccc12)N(CC1CNCCC1c1ccccc1)C(=O)O. The first-order valence-electron chi connectivity index (χ1n) is 10.4. The second-order valence-electron chi connectivity index (χ2n) is 7.95. The minimum atomic E-state index is -0.859. The van der Waals surface area contributed by atoms with Crippen molar-refractivity contribution in [2.45, 2.75) is 25.3 Å². The van der Waals surface area contributed by atoms with E-state index in [1.807, 2.05) is 31.2 Å². The summed E-state index contributed by atoms with van der Waals surface area (Å²) in [6.07, 6.45) is 0.174. The van der Waals surface area contributed by atoms with Crippen LogP contribution in [0, 0.1) is 5.92 Å². The molecule has 0 aliphatic carbocycles. The van der Waals surface area contributed by atoms with Gasteiger partial charge in [-0.15, -0.1) is 0 Å². The van der Waals surface area contributed by atoms with Crippen LogP contribution in [0.15, 0.2) is 72.8 Å². The third-order valence-electron chi connectivity index (χ3n) is 6.25. The minimum absolute atomic E-state index is 0.211. The molecule has 4 heteroatoms. The molecule has 4 nitrogen and oxygen atoms in total. The zero-order chi connectivity index (χ0) is 20.2. The Morgan fingerprint density at radius 3 is 2.59 bits per heavy atom. The van der Waals surface area contributed by atoms with E-state index in [1.54, 1.807) is 4.90 Å². The molecule has 150 valence electrons. The lowest BCUT2D eigenvalue weighted by atomic mass is 9.80. The first kappa shape index (κ1) is 19.5. The summed E-state index contributed by atoms with van der Waals surface area (Å²) in [5.41, 5.74) is 2.37. The summed E-state index contributed by atoms with van der Waals surface area (Å²) >= 11 is 0. The molecule has 3 aromatic rings. The van der Waals surface area contributed by atoms with E-state index in [4.69, 9.17) is 0 Å². The van der Waals surface area contributed by atoms with Crippen molar-refractivity contribution in [3.63, 3.8) is 0 Å². The summed E-state index contributed by atoms with van der Waals surface area (Å²) in [4.78, 5) is 13.9. The van der Waals surface area contributed by atoms with Gasteiger partial charge in [0.15, 0.2) is 0 Å². The van der Waals surface area contributed by atoms with Gasteiger partial charge in [0.25, 0.3) is 0 Å². The molecule has 1 aliphatic heterocycles. The highest BCUT2D eigenvalue weighted by Gasteiger charge is 2.32. The molecule has 3 aromatic carbocycles. The summed E-state index contributed by atoms with van der Waals surface area (Å²) in [6.45, 7) is 4.34. The van der Waals surface area contributed by atoms with E-state index in [0.717, 1.165) is 35.8 Å². The van der Waals surface area contributed by atoms with Gasteiger partial charge in [-0.1, -0.05) is 72.8 Å². The summed E-state index contributed by atoms with van der Waals surface area (Å²) in [6, 6.07) is 24.6. The van der Waals surface area contributed by atoms with Gasteiger partial charge in [0.2, 0.25) is 0 Å². The van der Waals surface area contributed by atoms with Gasteiger partial charge in [-0.3, -0.25) is 0 Å². The third kappa shape index (κ3) is 4.13. The topological polar surface area (TPSA) is 52.6 Å². The number of carboxylic acid groups (broad SMARTS) is 1. The molecule has 0 bridgehead atoms. The summed E-state index contributed by atoms with van der Waals surface area (Å²) < 4.78 is 0. The first-order valence-corrected chi connectivity index (χ1v) is 10.4. The van der Waals surface area contributed by atoms with Crippen LogP contribution in [0.4, 0.5) is 4.79 Å². The van der Waals surface area contributed by atoms with Gasteiger partial charge in [-0.2, -0.15) is 0 Å². The lowest BCUT2D eigenvalue weighted by Gasteiger charge is -2.37. The van der Waals surface area contributed by atoms with Gasteiger partial charge in [0.1, 0.15) is 0 Å². The van der Waals surface area contributed by atoms with E-state index >= 15 is 0 Å². The van der Waals surface area contributed by atoms with E-state index in [2.05, 4.69) is 53.8 Å². The molecule has 0 saturated carbocycles. The highest BCUT2D eigenvalue weighted by atomic mass is 16.4. The van der Waals surface area contributed by atoms with Crippen LogP contribution in [0.3, 0.4) is 0 Å². The van der Waals surface area contributed by atoms with Crippen LogP contribution in [0.5, 0.6) is 0 Å². The molecule has 4 rings (SSSR count). The molecule has 1 heterocycles. The van der Waals surface area contributed by atoms with Gasteiger partial charge in [0.05, 0.1) is 6.04 Å². The number of hydrogen-bond donors (Lipinski definition) is 2. The average molecular weight is 389 g/mol. The average Bonchev–Trinajstić information content (AvgIpc) is 2.77. The second-order valence-corrected chi connectivity index (χ2v) is 7.95. The van der Waals surface area contributed by atoms with Crippen molar-refractivity contribution >= 4 is 16.9 Å². The van der Waals surface area contributed by atoms with Crippen LogP contribution in [0.1, 0.15) is 36.4 Å². The van der Waals surface area contributed by atoms with Crippen molar-refractivity contribution in [1.82, 2.24) is 10.2 Å². The quantitative estimate of drug-likeness (QED) is 0.626. The number of nitrogens with zero attached hydrogens (tertiary/aromatic N) is 1. The van der Waals surface area contributed by atoms with Crippen LogP contribution >= 0.6 is 0 Å². The van der Waals surface area contributed by atoms with E-state index < -0.39 is 6.09 Å². The highest BCUT2D eigenvalue weighted by Crippen LogP contribution is 2.34. The van der Waals surface area contributed by atoms with Crippen molar-refractivity contribution in [2.24, 2.45) is 5.92 Å². The van der Waals surface area contributed by atoms with Gasteiger partial charge >= 0.3 is 6.09 Å². The van der Waals surface area contributed by atoms with Crippen molar-refractivity contribution in [3.8, 4) is 0 Å². The first-order chi connectivity index (χ1) is 14.1. The Balaban J connectivity index is 1.62. The lowest BCUT2D eigenvalue weighted by molar-refractivity contribution is 0.110. The predicted octanol–water partition coefficient (Wildman–Crippen LogP) is 5.27. The van der Waals surface area contributed by atoms with Gasteiger partial charge in [-0.05, 0) is 53.6 Å². The summed E-state index contributed by atoms with van der Waals surface area (Å²) in [5.74, 6) is 0.624. The van der Waals surface area contributed by atoms with Crippen LogP contribution in [-0.4, -0.2) is 35.7 Å². The van der Waals surface area contributed by atoms with Crippen molar-refractivity contribution in [1.29, 1.82) is 0 Å². The molecule has 1 saturated heterocycles. The Morgan fingerprint density at radius 2 is 1.79 bits per heavy atom. The monoisotopic (exact) mass is 388 g/mol. The Labute approximate surface area is 172 Å². The standard InChI is InChI=1S/C25H28N2O2/c1-18(22-13-7-11-20-10-5-6-12-24(20)22)27(25(28)29)17-21-16-26-15-14-23(21)19-8-3-2-4-9-19/h2-13,18,21,23,26H,14-17H2,1H3,(H,28,29)/t18-,21?,23?/m1/s1. The van der Waals surface area contributed by atoms with Gasteiger partial charge in [-0.25, -0.2) is 4.79 Å². The molecule has 3 atom stereocenters. The molecule has 1 amide bonds. The molecule has 29 heavy (non-hydrogen) atoms. The normalized spacial score (nSPS) is 20.3. The van der Waals surface area contributed by atoms with E-state index in [0.29, 0.717) is 12.5 Å². The maximum atomic E-state index is 12.3. The van der Waals surface area contributed by atoms with Gasteiger partial charge < -0.3 is 15.3 Å². The Bertz CT molecular complexity index is 967. The Morgan fingerprint density at radius 1 is 1.07 bits per heavy atom. The summed E-state index contributed by atoms with van der Waals surface area (Å²) in [5, 5.41) is 15.8. The number of carbonyl (C=O) groups is 1. The molecule has 1 aliphatic rings. The van der Waals surface area contributed by atoms with Gasteiger partial charge in [0, 0.05) is 13.1 Å². The maximum Gasteiger partial charge on any atom is 0.407 e. The van der Waals surface area contributed by atoms with Crippen molar-refractivity contribution in [3.05, 3.63) is 83.9 Å². The third-order valence-corrected chi connectivity index (χ3v) is 6.25. The number of nitrogens with one attached hydrogen (secondary N) is 1. The molecular weight excluding hydrogens is 360 g/mol. The van der Waals surface area contributed by atoms with Crippen LogP contribution < -0.4 is 5.32 Å². The van der Waals surface area contributed by atoms with Crippen LogP contribution in [-0.2, 0) is 0 Å². The van der Waals surface area contributed by atoms with E-state index in [-0.39, 0.29) is 12.0 Å². The molecule has 0 aromatic heterocycles. The second kappa shape index (κ2) is 8.66. The van der Waals surface area contributed by atoms with Crippen molar-refractivity contribution < 1.29 is 9.90 Å². The fourth-order valence-corrected chi connectivity index (χ4v) is 4.69. The minimum Gasteiger partial charge on any atom is -0.465 e. The number of rotatable bonds is 5. The Kier molecular flexibility index (Phi) is 5.81. The zero-order valence-electron chi connectivity index (χ0n) is 16.8. The predicted molar refractivity (Wildman–Crippen MR) is 117 cm³/mol. The fourth-order valence-electron chi connectivity index (χ4n) is 4.69. The van der Waals surface area contributed by atoms with Crippen LogP contribution in [0.2, 0.25) is 0 Å². The molecule has 2 unspecified atom stereocenters. The van der Waals surface area contributed by atoms with E-state index in [9.17, 15) is 9.90 Å². The van der Waals surface area contributed by atoms with E-state index in [1.165, 1.54) is 5.56 Å². The smallest absolute Gasteiger partial charge is 0.407 e. The van der Waals surface area contributed by atoms with Crippen molar-refractivity contribution in [2.75, 3.05) is 19.6 Å². The van der Waals surface area contributed by atoms with Crippen LogP contribution in [0.25, 0.3) is 10.8 Å². The zero-order valence-corrected chi connectivity index (χ0v) is 16.8. The largest absolute Gasteiger partial charge is 0.465 e. The molecular formula is C25H28N2O2. The number of piperidine rings is 1. The summed E-state index contributed by atoms with van der Waals surface area (Å²) in [7, 11) is 0. The molecule has 2 N–H and O–H groups in total. The number of benzene rings is 3. The highest BCUT2D eigenvalue weighted by molar-refractivity contribution is 5.86. The number of amides is 1. The maximum absolute atomic E-state index is 12.3. The number of fused-ring (bicyclic) bond motifs is 1.